The molecule has 0 aliphatic heterocycles. The molecule has 0 aromatic carbocycles. The lowest BCUT2D eigenvalue weighted by Crippen LogP contribution is -2.50. The van der Waals surface area contributed by atoms with Crippen molar-refractivity contribution in [2.75, 3.05) is 5.32 Å². The van der Waals surface area contributed by atoms with E-state index < -0.39 is 48.4 Å². The Morgan fingerprint density at radius 1 is 1.23 bits per heavy atom. The van der Waals surface area contributed by atoms with Gasteiger partial charge in [0.2, 0.25) is 5.91 Å². The number of aromatic amines is 1. The first-order chi connectivity index (χ1) is 18.6. The molecule has 2 aliphatic rings. The van der Waals surface area contributed by atoms with Gasteiger partial charge in [-0.15, -0.1) is 5.10 Å². The van der Waals surface area contributed by atoms with Crippen molar-refractivity contribution in [1.82, 2.24) is 35.1 Å². The Bertz CT molecular complexity index is 1420. The number of nitrogens with zero attached hydrogens (tertiary/aromatic N) is 5. The van der Waals surface area contributed by atoms with Crippen molar-refractivity contribution in [2.24, 2.45) is 17.8 Å². The van der Waals surface area contributed by atoms with Crippen LogP contribution in [-0.4, -0.2) is 54.0 Å². The molecule has 2 atom stereocenters. The highest BCUT2D eigenvalue weighted by molar-refractivity contribution is 6.29. The number of alkyl halides is 2. The summed E-state index contributed by atoms with van der Waals surface area (Å²) in [6, 6.07) is 0.858. The van der Waals surface area contributed by atoms with E-state index >= 15 is 0 Å². The number of hydrogen-bond donors (Lipinski definition) is 3. The molecule has 5 rings (SSSR count). The van der Waals surface area contributed by atoms with Crippen LogP contribution >= 0.6 is 11.6 Å². The monoisotopic (exact) mass is 566 g/mol. The van der Waals surface area contributed by atoms with E-state index in [0.29, 0.717) is 0 Å². The summed E-state index contributed by atoms with van der Waals surface area (Å²) in [5.41, 5.74) is -0.689. The van der Waals surface area contributed by atoms with Crippen LogP contribution in [0.15, 0.2) is 29.3 Å². The fourth-order valence-electron chi connectivity index (χ4n) is 4.96. The molecule has 2 fully saturated rings. The van der Waals surface area contributed by atoms with E-state index in [0.717, 1.165) is 30.4 Å². The molecular weight excluding hydrogens is 541 g/mol. The number of aromatic nitrogens is 6. The van der Waals surface area contributed by atoms with Crippen molar-refractivity contribution < 1.29 is 22.8 Å². The molecule has 2 saturated carbocycles. The summed E-state index contributed by atoms with van der Waals surface area (Å²) >= 11 is 5.87. The summed E-state index contributed by atoms with van der Waals surface area (Å²) in [5.74, 6) is -2.11. The van der Waals surface area contributed by atoms with E-state index in [1.165, 1.54) is 29.2 Å². The Balaban J connectivity index is 1.38. The molecule has 3 aromatic rings. The molecule has 208 valence electrons. The Morgan fingerprint density at radius 3 is 2.56 bits per heavy atom. The number of hydrogen-bond acceptors (Lipinski definition) is 6. The summed E-state index contributed by atoms with van der Waals surface area (Å²) in [7, 11) is 0. The molecule has 15 heteroatoms. The van der Waals surface area contributed by atoms with E-state index in [9.17, 15) is 27.6 Å². The molecule has 0 bridgehead atoms. The maximum absolute atomic E-state index is 14.9. The maximum atomic E-state index is 14.9. The minimum atomic E-state index is -2.72. The summed E-state index contributed by atoms with van der Waals surface area (Å²) in [6.45, 7) is 0.829. The number of halogens is 4. The lowest BCUT2D eigenvalue weighted by Gasteiger charge is -2.27. The van der Waals surface area contributed by atoms with Gasteiger partial charge in [-0.1, -0.05) is 11.6 Å². The molecule has 2 unspecified atom stereocenters. The summed E-state index contributed by atoms with van der Waals surface area (Å²) in [6.07, 6.45) is 3.35. The van der Waals surface area contributed by atoms with Crippen molar-refractivity contribution in [3.8, 4) is 0 Å². The molecule has 3 N–H and O–H groups in total. The standard InChI is InChI=1S/C24H26ClF3N8O3/c1-11(14-8-17(25)32-33-22(14)37)35-9-15(21(28)34-35)30-24(39)20(19(12-2-3-12)13-4-5-13)31-23(38)16-6-7-29-36(16)10-18(26)27/h6-9,11-13,18-20H,2-5,10H2,1H3,(H,30,39)(H,31,38)(H,33,37). The number of carbonyl (C=O) groups is 2. The van der Waals surface area contributed by atoms with Gasteiger partial charge >= 0.3 is 0 Å². The zero-order valence-electron chi connectivity index (χ0n) is 20.8. The summed E-state index contributed by atoms with van der Waals surface area (Å²) < 4.78 is 42.8. The van der Waals surface area contributed by atoms with Gasteiger partial charge in [-0.3, -0.25) is 23.7 Å². The quantitative estimate of drug-likeness (QED) is 0.326. The van der Waals surface area contributed by atoms with Crippen LogP contribution in [0.25, 0.3) is 0 Å². The smallest absolute Gasteiger partial charge is 0.270 e. The third-order valence-corrected chi connectivity index (χ3v) is 7.33. The third-order valence-electron chi connectivity index (χ3n) is 7.14. The zero-order chi connectivity index (χ0) is 27.8. The van der Waals surface area contributed by atoms with E-state index in [2.05, 4.69) is 31.0 Å². The lowest BCUT2D eigenvalue weighted by atomic mass is 9.88. The van der Waals surface area contributed by atoms with Crippen molar-refractivity contribution in [3.63, 3.8) is 0 Å². The van der Waals surface area contributed by atoms with Gasteiger partial charge in [0.15, 0.2) is 0 Å². The Morgan fingerprint density at radius 2 is 1.92 bits per heavy atom. The van der Waals surface area contributed by atoms with Crippen molar-refractivity contribution in [1.29, 1.82) is 0 Å². The van der Waals surface area contributed by atoms with Crippen LogP contribution in [0.4, 0.5) is 18.9 Å². The second kappa shape index (κ2) is 10.8. The van der Waals surface area contributed by atoms with Crippen LogP contribution in [-0.2, 0) is 11.3 Å². The molecule has 2 amide bonds. The van der Waals surface area contributed by atoms with Gasteiger partial charge in [0.25, 0.3) is 23.8 Å². The van der Waals surface area contributed by atoms with Gasteiger partial charge in [0.05, 0.1) is 12.2 Å². The topological polar surface area (TPSA) is 140 Å². The second-order valence-electron chi connectivity index (χ2n) is 9.95. The predicted molar refractivity (Wildman–Crippen MR) is 133 cm³/mol. The number of amides is 2. The van der Waals surface area contributed by atoms with Gasteiger partial charge in [-0.2, -0.15) is 14.6 Å². The molecule has 2 aliphatic carbocycles. The van der Waals surface area contributed by atoms with Crippen LogP contribution in [0.5, 0.6) is 0 Å². The first kappa shape index (κ1) is 26.9. The van der Waals surface area contributed by atoms with Crippen LogP contribution in [0, 0.1) is 23.7 Å². The molecular formula is C24H26ClF3N8O3. The molecule has 0 saturated heterocycles. The van der Waals surface area contributed by atoms with Crippen molar-refractivity contribution >= 4 is 29.1 Å². The van der Waals surface area contributed by atoms with Gasteiger partial charge in [-0.05, 0) is 62.5 Å². The lowest BCUT2D eigenvalue weighted by molar-refractivity contribution is -0.119. The highest BCUT2D eigenvalue weighted by Crippen LogP contribution is 2.51. The fraction of sp³-hybridized carbons (Fsp3) is 0.500. The summed E-state index contributed by atoms with van der Waals surface area (Å²) in [5, 5.41) is 18.7. The molecule has 0 radical (unpaired) electrons. The predicted octanol–water partition coefficient (Wildman–Crippen LogP) is 3.00. The number of carbonyl (C=O) groups excluding carboxylic acids is 2. The SMILES string of the molecule is CC(c1cc(Cl)n[nH]c1=O)n1cc(NC(=O)C(NC(=O)c2ccnn2CC(F)F)C(C2CC2)C2CC2)c(F)n1. The Hall–Kier alpha value is -3.68. The minimum absolute atomic E-state index is 0.0391. The number of H-pyrrole nitrogens is 1. The Labute approximate surface area is 225 Å². The highest BCUT2D eigenvalue weighted by atomic mass is 35.5. The van der Waals surface area contributed by atoms with Gasteiger partial charge in [0.1, 0.15) is 29.1 Å². The van der Waals surface area contributed by atoms with Crippen molar-refractivity contribution in [3.05, 3.63) is 57.2 Å². The van der Waals surface area contributed by atoms with Crippen LogP contribution in [0.3, 0.4) is 0 Å². The zero-order valence-corrected chi connectivity index (χ0v) is 21.5. The third kappa shape index (κ3) is 6.00. The largest absolute Gasteiger partial charge is 0.339 e. The molecule has 3 heterocycles. The number of nitrogens with one attached hydrogen (secondary N) is 3. The summed E-state index contributed by atoms with van der Waals surface area (Å²) in [4.78, 5) is 38.8. The molecule has 11 nitrogen and oxygen atoms in total. The highest BCUT2D eigenvalue weighted by Gasteiger charge is 2.48. The fourth-order valence-corrected chi connectivity index (χ4v) is 5.11. The average Bonchev–Trinajstić information content (AvgIpc) is 3.82. The van der Waals surface area contributed by atoms with E-state index in [1.807, 2.05) is 0 Å². The van der Waals surface area contributed by atoms with Crippen LogP contribution in [0.1, 0.15) is 54.7 Å². The first-order valence-electron chi connectivity index (χ1n) is 12.5. The number of rotatable bonds is 11. The van der Waals surface area contributed by atoms with Gasteiger partial charge < -0.3 is 10.6 Å². The first-order valence-corrected chi connectivity index (χ1v) is 12.9. The maximum Gasteiger partial charge on any atom is 0.270 e. The van der Waals surface area contributed by atoms with Crippen LogP contribution in [0.2, 0.25) is 5.15 Å². The molecule has 3 aromatic heterocycles. The molecule has 39 heavy (non-hydrogen) atoms. The van der Waals surface area contributed by atoms with E-state index in [1.54, 1.807) is 6.92 Å². The number of anilines is 1. The normalized spacial score (nSPS) is 16.9. The van der Waals surface area contributed by atoms with Crippen molar-refractivity contribution in [2.45, 2.75) is 57.7 Å². The van der Waals surface area contributed by atoms with Gasteiger partial charge in [0, 0.05) is 11.8 Å². The van der Waals surface area contributed by atoms with Crippen LogP contribution < -0.4 is 16.2 Å². The Kier molecular flexibility index (Phi) is 7.47. The molecule has 0 spiro atoms. The second-order valence-corrected chi connectivity index (χ2v) is 10.3. The van der Waals surface area contributed by atoms with E-state index in [-0.39, 0.29) is 39.9 Å². The minimum Gasteiger partial charge on any atom is -0.339 e. The average molecular weight is 567 g/mol. The van der Waals surface area contributed by atoms with E-state index in [4.69, 9.17) is 11.6 Å². The van der Waals surface area contributed by atoms with Gasteiger partial charge in [-0.25, -0.2) is 13.9 Å².